The summed E-state index contributed by atoms with van der Waals surface area (Å²) in [5, 5.41) is 0. The molecule has 1 aromatic carbocycles. The molecule has 21 heavy (non-hydrogen) atoms. The first-order valence-electron chi connectivity index (χ1n) is 6.48. The summed E-state index contributed by atoms with van der Waals surface area (Å²) in [4.78, 5) is 12.8. The molecule has 0 spiro atoms. The van der Waals surface area contributed by atoms with E-state index < -0.39 is 9.75 Å². The van der Waals surface area contributed by atoms with E-state index in [-0.39, 0.29) is 11.7 Å². The van der Waals surface area contributed by atoms with Crippen LogP contribution < -0.4 is 14.2 Å². The van der Waals surface area contributed by atoms with E-state index in [1.165, 1.54) is 21.3 Å². The van der Waals surface area contributed by atoms with Gasteiger partial charge in [0.1, 0.15) is 4.33 Å². The lowest BCUT2D eigenvalue weighted by molar-refractivity contribution is 0.0900. The van der Waals surface area contributed by atoms with Crippen molar-refractivity contribution in [2.45, 2.75) is 18.2 Å². The Labute approximate surface area is 134 Å². The first-order valence-corrected chi connectivity index (χ1v) is 7.23. The molecular weight excluding hydrogens is 315 g/mol. The zero-order valence-corrected chi connectivity index (χ0v) is 14.1. The van der Waals surface area contributed by atoms with Crippen LogP contribution in [0.25, 0.3) is 0 Å². The second-order valence-electron chi connectivity index (χ2n) is 5.29. The van der Waals surface area contributed by atoms with E-state index in [1.54, 1.807) is 19.1 Å². The van der Waals surface area contributed by atoms with Crippen molar-refractivity contribution in [3.05, 3.63) is 17.7 Å². The Morgan fingerprint density at radius 1 is 1.10 bits per heavy atom. The zero-order chi connectivity index (χ0) is 16.0. The summed E-state index contributed by atoms with van der Waals surface area (Å²) in [6.45, 7) is 3.62. The summed E-state index contributed by atoms with van der Waals surface area (Å²) in [5.74, 6) is 1.02. The number of benzene rings is 1. The number of ketones is 1. The molecular formula is C15H18Cl2O4. The monoisotopic (exact) mass is 332 g/mol. The number of Topliss-reactive ketones (excluding diaryl/α,β-unsaturated/α-hetero) is 1. The maximum atomic E-state index is 12.8. The molecule has 0 bridgehead atoms. The quantitative estimate of drug-likeness (QED) is 0.608. The molecule has 0 saturated heterocycles. The highest BCUT2D eigenvalue weighted by molar-refractivity contribution is 6.54. The highest BCUT2D eigenvalue weighted by Gasteiger charge is 2.74. The molecule has 1 aromatic rings. The van der Waals surface area contributed by atoms with Gasteiger partial charge in [-0.25, -0.2) is 0 Å². The normalized spacial score (nSPS) is 26.1. The van der Waals surface area contributed by atoms with Crippen LogP contribution in [0.4, 0.5) is 0 Å². The van der Waals surface area contributed by atoms with E-state index in [4.69, 9.17) is 37.4 Å². The van der Waals surface area contributed by atoms with Gasteiger partial charge in [0.15, 0.2) is 17.3 Å². The average Bonchev–Trinajstić information content (AvgIpc) is 2.89. The molecule has 2 atom stereocenters. The molecule has 0 aromatic heterocycles. The fourth-order valence-corrected chi connectivity index (χ4v) is 3.42. The van der Waals surface area contributed by atoms with Gasteiger partial charge in [0.25, 0.3) is 0 Å². The fraction of sp³-hybridized carbons (Fsp3) is 0.533. The van der Waals surface area contributed by atoms with Crippen molar-refractivity contribution < 1.29 is 19.0 Å². The summed E-state index contributed by atoms with van der Waals surface area (Å²) in [6, 6.07) is 3.23. The third-order valence-electron chi connectivity index (χ3n) is 4.42. The van der Waals surface area contributed by atoms with E-state index in [9.17, 15) is 4.79 Å². The number of hydrogen-bond acceptors (Lipinski definition) is 4. The lowest BCUT2D eigenvalue weighted by atomic mass is 9.94. The van der Waals surface area contributed by atoms with Crippen LogP contribution in [-0.4, -0.2) is 31.4 Å². The van der Waals surface area contributed by atoms with Gasteiger partial charge in [0, 0.05) is 11.5 Å². The molecule has 1 aliphatic carbocycles. The molecule has 1 saturated carbocycles. The Bertz CT molecular complexity index is 560. The Morgan fingerprint density at radius 3 is 1.81 bits per heavy atom. The minimum absolute atomic E-state index is 0.125. The lowest BCUT2D eigenvalue weighted by Crippen LogP contribution is -2.19. The minimum Gasteiger partial charge on any atom is -0.493 e. The predicted octanol–water partition coefficient (Wildman–Crippen LogP) is 3.73. The molecule has 6 heteroatoms. The Balaban J connectivity index is 2.49. The summed E-state index contributed by atoms with van der Waals surface area (Å²) >= 11 is 12.4. The van der Waals surface area contributed by atoms with Crippen LogP contribution >= 0.6 is 23.2 Å². The van der Waals surface area contributed by atoms with Crippen LogP contribution in [0.3, 0.4) is 0 Å². The second-order valence-corrected chi connectivity index (χ2v) is 6.68. The molecule has 0 aliphatic heterocycles. The van der Waals surface area contributed by atoms with Crippen molar-refractivity contribution >= 4 is 29.0 Å². The average molecular weight is 333 g/mol. The summed E-state index contributed by atoms with van der Waals surface area (Å²) in [5.41, 5.74) is -0.386. The molecule has 2 rings (SSSR count). The topological polar surface area (TPSA) is 44.8 Å². The zero-order valence-electron chi connectivity index (χ0n) is 12.6. The Kier molecular flexibility index (Phi) is 4.06. The molecule has 0 amide bonds. The maximum Gasteiger partial charge on any atom is 0.203 e. The van der Waals surface area contributed by atoms with E-state index in [2.05, 4.69) is 0 Å². The van der Waals surface area contributed by atoms with Crippen LogP contribution in [-0.2, 0) is 0 Å². The number of carbonyl (C=O) groups excluding carboxylic acids is 1. The number of halogens is 2. The van der Waals surface area contributed by atoms with Crippen LogP contribution in [0.5, 0.6) is 17.2 Å². The second kappa shape index (κ2) is 5.25. The SMILES string of the molecule is COc1cc(C(=O)[C@]2(C)[C@H](C)C2(Cl)Cl)cc(OC)c1OC. The van der Waals surface area contributed by atoms with Gasteiger partial charge < -0.3 is 14.2 Å². The highest BCUT2D eigenvalue weighted by atomic mass is 35.5. The predicted molar refractivity (Wildman–Crippen MR) is 82.1 cm³/mol. The molecule has 0 N–H and O–H groups in total. The summed E-state index contributed by atoms with van der Waals surface area (Å²) in [6.07, 6.45) is 0. The number of alkyl halides is 2. The van der Waals surface area contributed by atoms with Crippen LogP contribution in [0, 0.1) is 11.3 Å². The van der Waals surface area contributed by atoms with Gasteiger partial charge in [0.2, 0.25) is 5.75 Å². The van der Waals surface area contributed by atoms with Gasteiger partial charge in [-0.3, -0.25) is 4.79 Å². The van der Waals surface area contributed by atoms with Crippen molar-refractivity contribution in [2.75, 3.05) is 21.3 Å². The summed E-state index contributed by atoms with van der Waals surface area (Å²) in [7, 11) is 4.51. The number of carbonyl (C=O) groups is 1. The molecule has 0 unspecified atom stereocenters. The van der Waals surface area contributed by atoms with Gasteiger partial charge in [-0.1, -0.05) is 6.92 Å². The van der Waals surface area contributed by atoms with Crippen molar-refractivity contribution in [3.63, 3.8) is 0 Å². The third-order valence-corrected chi connectivity index (χ3v) is 5.86. The number of methoxy groups -OCH3 is 3. The first kappa shape index (κ1) is 16.2. The van der Waals surface area contributed by atoms with Crippen molar-refractivity contribution in [1.29, 1.82) is 0 Å². The van der Waals surface area contributed by atoms with Gasteiger partial charge in [-0.2, -0.15) is 0 Å². The van der Waals surface area contributed by atoms with Crippen LogP contribution in [0.15, 0.2) is 12.1 Å². The van der Waals surface area contributed by atoms with E-state index in [0.717, 1.165) is 0 Å². The Hall–Kier alpha value is -1.13. The molecule has 116 valence electrons. The van der Waals surface area contributed by atoms with Gasteiger partial charge in [0.05, 0.1) is 26.7 Å². The number of rotatable bonds is 5. The first-order chi connectivity index (χ1) is 9.75. The van der Waals surface area contributed by atoms with Gasteiger partial charge >= 0.3 is 0 Å². The molecule has 4 nitrogen and oxygen atoms in total. The Morgan fingerprint density at radius 2 is 1.52 bits per heavy atom. The van der Waals surface area contributed by atoms with E-state index in [1.807, 2.05) is 6.92 Å². The number of hydrogen-bond donors (Lipinski definition) is 0. The van der Waals surface area contributed by atoms with Gasteiger partial charge in [-0.15, -0.1) is 23.2 Å². The van der Waals surface area contributed by atoms with E-state index >= 15 is 0 Å². The van der Waals surface area contributed by atoms with E-state index in [0.29, 0.717) is 22.8 Å². The standard InChI is InChI=1S/C15H18Cl2O4/c1-8-14(2,15(8,16)17)13(18)9-6-10(19-3)12(21-5)11(7-9)20-4/h6-8H,1-5H3/t8-,14-/m0/s1. The molecule has 1 fully saturated rings. The van der Waals surface area contributed by atoms with Crippen molar-refractivity contribution in [1.82, 2.24) is 0 Å². The fourth-order valence-electron chi connectivity index (χ4n) is 2.60. The summed E-state index contributed by atoms with van der Waals surface area (Å²) < 4.78 is 14.7. The molecule has 0 heterocycles. The van der Waals surface area contributed by atoms with Crippen molar-refractivity contribution in [2.24, 2.45) is 11.3 Å². The molecule has 1 aliphatic rings. The lowest BCUT2D eigenvalue weighted by Gasteiger charge is -2.16. The smallest absolute Gasteiger partial charge is 0.203 e. The highest BCUT2D eigenvalue weighted by Crippen LogP contribution is 2.70. The van der Waals surface area contributed by atoms with Gasteiger partial charge in [-0.05, 0) is 19.1 Å². The minimum atomic E-state index is -1.05. The third kappa shape index (κ3) is 2.16. The largest absolute Gasteiger partial charge is 0.493 e. The maximum absolute atomic E-state index is 12.8. The van der Waals surface area contributed by atoms with Crippen LogP contribution in [0.1, 0.15) is 24.2 Å². The molecule has 0 radical (unpaired) electrons. The van der Waals surface area contributed by atoms with Crippen LogP contribution in [0.2, 0.25) is 0 Å². The number of ether oxygens (including phenoxy) is 3. The van der Waals surface area contributed by atoms with Crippen molar-refractivity contribution in [3.8, 4) is 17.2 Å².